The first-order valence-electron chi connectivity index (χ1n) is 7.51. The van der Waals surface area contributed by atoms with Gasteiger partial charge in [0.05, 0.1) is 11.3 Å². The van der Waals surface area contributed by atoms with Gasteiger partial charge in [-0.25, -0.2) is 4.98 Å². The number of fused-ring (bicyclic) bond motifs is 1. The van der Waals surface area contributed by atoms with Gasteiger partial charge in [0.15, 0.2) is 5.16 Å². The predicted octanol–water partition coefficient (Wildman–Crippen LogP) is 2.67. The van der Waals surface area contributed by atoms with E-state index in [-0.39, 0.29) is 5.56 Å². The summed E-state index contributed by atoms with van der Waals surface area (Å²) in [6, 6.07) is 6.59. The molecule has 22 heavy (non-hydrogen) atoms. The average Bonchev–Trinajstić information content (AvgIpc) is 2.51. The summed E-state index contributed by atoms with van der Waals surface area (Å²) in [5.41, 5.74) is 5.74. The van der Waals surface area contributed by atoms with E-state index in [4.69, 9.17) is 0 Å². The summed E-state index contributed by atoms with van der Waals surface area (Å²) in [6.45, 7) is 6.78. The van der Waals surface area contributed by atoms with Crippen molar-refractivity contribution in [3.63, 3.8) is 0 Å². The van der Waals surface area contributed by atoms with E-state index in [9.17, 15) is 4.79 Å². The van der Waals surface area contributed by atoms with Crippen molar-refractivity contribution in [3.05, 3.63) is 56.5 Å². The van der Waals surface area contributed by atoms with E-state index >= 15 is 0 Å². The second-order valence-corrected chi connectivity index (χ2v) is 6.67. The first-order chi connectivity index (χ1) is 10.6. The SMILES string of the molecule is CSc1nc2c(c(=O)[nH]1)CN(Cc1ccc(C)c(C)c1)CC2. The van der Waals surface area contributed by atoms with Crippen LogP contribution in [0.3, 0.4) is 0 Å². The van der Waals surface area contributed by atoms with Gasteiger partial charge in [0.25, 0.3) is 5.56 Å². The van der Waals surface area contributed by atoms with E-state index in [0.29, 0.717) is 11.7 Å². The summed E-state index contributed by atoms with van der Waals surface area (Å²) < 4.78 is 0. The fourth-order valence-corrected chi connectivity index (χ4v) is 3.25. The lowest BCUT2D eigenvalue weighted by atomic mass is 10.0. The van der Waals surface area contributed by atoms with Crippen LogP contribution in [0.1, 0.15) is 27.9 Å². The maximum atomic E-state index is 12.2. The van der Waals surface area contributed by atoms with Crippen LogP contribution in [0.4, 0.5) is 0 Å². The van der Waals surface area contributed by atoms with Crippen LogP contribution in [-0.4, -0.2) is 27.7 Å². The summed E-state index contributed by atoms with van der Waals surface area (Å²) in [7, 11) is 0. The highest BCUT2D eigenvalue weighted by Gasteiger charge is 2.21. The molecule has 4 nitrogen and oxygen atoms in total. The lowest BCUT2D eigenvalue weighted by Crippen LogP contribution is -2.35. The monoisotopic (exact) mass is 315 g/mol. The number of hydrogen-bond acceptors (Lipinski definition) is 4. The fourth-order valence-electron chi connectivity index (χ4n) is 2.85. The smallest absolute Gasteiger partial charge is 0.256 e. The third kappa shape index (κ3) is 3.10. The van der Waals surface area contributed by atoms with Crippen LogP contribution in [0, 0.1) is 13.8 Å². The zero-order valence-corrected chi connectivity index (χ0v) is 14.1. The van der Waals surface area contributed by atoms with E-state index in [1.165, 1.54) is 28.5 Å². The van der Waals surface area contributed by atoms with Gasteiger partial charge in [-0.05, 0) is 36.8 Å². The third-order valence-electron chi connectivity index (χ3n) is 4.30. The van der Waals surface area contributed by atoms with Crippen LogP contribution < -0.4 is 5.56 Å². The van der Waals surface area contributed by atoms with Crippen LogP contribution in [0.2, 0.25) is 0 Å². The number of nitrogens with one attached hydrogen (secondary N) is 1. The Morgan fingerprint density at radius 3 is 2.86 bits per heavy atom. The number of nitrogens with zero attached hydrogens (tertiary/aromatic N) is 2. The molecule has 0 spiro atoms. The van der Waals surface area contributed by atoms with Crippen LogP contribution >= 0.6 is 11.8 Å². The van der Waals surface area contributed by atoms with Gasteiger partial charge in [-0.1, -0.05) is 30.0 Å². The summed E-state index contributed by atoms with van der Waals surface area (Å²) >= 11 is 1.48. The minimum absolute atomic E-state index is 0.0131. The van der Waals surface area contributed by atoms with E-state index in [0.717, 1.165) is 30.8 Å². The molecule has 1 aromatic carbocycles. The Labute approximate surface area is 135 Å². The highest BCUT2D eigenvalue weighted by molar-refractivity contribution is 7.98. The Hall–Kier alpha value is -1.59. The third-order valence-corrected chi connectivity index (χ3v) is 4.88. The highest BCUT2D eigenvalue weighted by atomic mass is 32.2. The number of aromatic nitrogens is 2. The molecule has 0 saturated heterocycles. The van der Waals surface area contributed by atoms with Crippen molar-refractivity contribution in [1.82, 2.24) is 14.9 Å². The molecular formula is C17H21N3OS. The summed E-state index contributed by atoms with van der Waals surface area (Å²) in [5.74, 6) is 0. The molecule has 1 aliphatic rings. The van der Waals surface area contributed by atoms with Crippen LogP contribution in [0.5, 0.6) is 0 Å². The maximum absolute atomic E-state index is 12.2. The van der Waals surface area contributed by atoms with E-state index in [1.807, 2.05) is 6.26 Å². The zero-order chi connectivity index (χ0) is 15.7. The molecule has 3 rings (SSSR count). The molecule has 2 heterocycles. The van der Waals surface area contributed by atoms with E-state index in [2.05, 4.69) is 46.9 Å². The van der Waals surface area contributed by atoms with Gasteiger partial charge in [-0.15, -0.1) is 0 Å². The van der Waals surface area contributed by atoms with Gasteiger partial charge in [0, 0.05) is 26.1 Å². The largest absolute Gasteiger partial charge is 0.301 e. The molecule has 1 N–H and O–H groups in total. The Morgan fingerprint density at radius 1 is 1.32 bits per heavy atom. The molecular weight excluding hydrogens is 294 g/mol. The molecule has 0 unspecified atom stereocenters. The standard InChI is InChI=1S/C17H21N3OS/c1-11-4-5-13(8-12(11)2)9-20-7-6-15-14(10-20)16(21)19-17(18-15)22-3/h4-5,8H,6-7,9-10H2,1-3H3,(H,18,19,21). The van der Waals surface area contributed by atoms with Gasteiger partial charge < -0.3 is 4.98 Å². The second-order valence-electron chi connectivity index (χ2n) is 5.88. The molecule has 1 aliphatic heterocycles. The zero-order valence-electron chi connectivity index (χ0n) is 13.3. The number of aromatic amines is 1. The lowest BCUT2D eigenvalue weighted by Gasteiger charge is -2.27. The number of aryl methyl sites for hydroxylation is 2. The van der Waals surface area contributed by atoms with Gasteiger partial charge >= 0.3 is 0 Å². The Kier molecular flexibility index (Phi) is 4.36. The number of thioether (sulfide) groups is 1. The molecule has 0 fully saturated rings. The van der Waals surface area contributed by atoms with Crippen molar-refractivity contribution in [2.45, 2.75) is 38.5 Å². The van der Waals surface area contributed by atoms with Crippen LogP contribution in [0.15, 0.2) is 28.2 Å². The average molecular weight is 315 g/mol. The van der Waals surface area contributed by atoms with Crippen molar-refractivity contribution in [2.24, 2.45) is 0 Å². The van der Waals surface area contributed by atoms with Crippen LogP contribution in [0.25, 0.3) is 0 Å². The molecule has 116 valence electrons. The van der Waals surface area contributed by atoms with Crippen molar-refractivity contribution >= 4 is 11.8 Å². The normalized spacial score (nSPS) is 14.9. The van der Waals surface area contributed by atoms with Gasteiger partial charge in [-0.2, -0.15) is 0 Å². The molecule has 1 aromatic heterocycles. The van der Waals surface area contributed by atoms with Crippen molar-refractivity contribution in [2.75, 3.05) is 12.8 Å². The van der Waals surface area contributed by atoms with E-state index in [1.54, 1.807) is 0 Å². The highest BCUT2D eigenvalue weighted by Crippen LogP contribution is 2.19. The number of rotatable bonds is 3. The Morgan fingerprint density at radius 2 is 2.14 bits per heavy atom. The fraction of sp³-hybridized carbons (Fsp3) is 0.412. The first-order valence-corrected chi connectivity index (χ1v) is 8.74. The minimum Gasteiger partial charge on any atom is -0.301 e. The van der Waals surface area contributed by atoms with Crippen molar-refractivity contribution in [1.29, 1.82) is 0 Å². The number of H-pyrrole nitrogens is 1. The lowest BCUT2D eigenvalue weighted by molar-refractivity contribution is 0.241. The first kappa shape index (κ1) is 15.3. The van der Waals surface area contributed by atoms with Crippen LogP contribution in [-0.2, 0) is 19.5 Å². The summed E-state index contributed by atoms with van der Waals surface area (Å²) in [6.07, 6.45) is 2.77. The van der Waals surface area contributed by atoms with Gasteiger partial charge in [0.1, 0.15) is 0 Å². The molecule has 0 amide bonds. The molecule has 5 heteroatoms. The number of benzene rings is 1. The number of hydrogen-bond donors (Lipinski definition) is 1. The molecule has 0 aliphatic carbocycles. The summed E-state index contributed by atoms with van der Waals surface area (Å²) in [5, 5.41) is 0.714. The minimum atomic E-state index is 0.0131. The second kappa shape index (κ2) is 6.26. The molecule has 0 bridgehead atoms. The molecule has 0 atom stereocenters. The van der Waals surface area contributed by atoms with E-state index < -0.39 is 0 Å². The Bertz CT molecular complexity index is 754. The maximum Gasteiger partial charge on any atom is 0.256 e. The topological polar surface area (TPSA) is 49.0 Å². The van der Waals surface area contributed by atoms with Crippen molar-refractivity contribution in [3.8, 4) is 0 Å². The summed E-state index contributed by atoms with van der Waals surface area (Å²) in [4.78, 5) is 21.9. The molecule has 0 saturated carbocycles. The molecule has 2 aromatic rings. The van der Waals surface area contributed by atoms with Gasteiger partial charge in [-0.3, -0.25) is 9.69 Å². The quantitative estimate of drug-likeness (QED) is 0.699. The molecule has 0 radical (unpaired) electrons. The Balaban J connectivity index is 1.79. The van der Waals surface area contributed by atoms with Gasteiger partial charge in [0.2, 0.25) is 0 Å². The predicted molar refractivity (Wildman–Crippen MR) is 90.4 cm³/mol. The van der Waals surface area contributed by atoms with Crippen molar-refractivity contribution < 1.29 is 0 Å².